The first-order chi connectivity index (χ1) is 23.4. The van der Waals surface area contributed by atoms with Gasteiger partial charge >= 0.3 is 0 Å². The summed E-state index contributed by atoms with van der Waals surface area (Å²) in [6, 6.07) is 39.4. The molecule has 7 aromatic carbocycles. The van der Waals surface area contributed by atoms with Crippen molar-refractivity contribution in [1.29, 1.82) is 0 Å². The first kappa shape index (κ1) is 20.4. The maximum atomic E-state index is 9.03. The van der Waals surface area contributed by atoms with Gasteiger partial charge in [0.15, 0.2) is 0 Å². The molecule has 2 heteroatoms. The molecule has 0 amide bonds. The van der Waals surface area contributed by atoms with Gasteiger partial charge in [-0.25, -0.2) is 4.98 Å². The van der Waals surface area contributed by atoms with Gasteiger partial charge in [0.05, 0.1) is 23.6 Å². The Morgan fingerprint density at radius 2 is 1.26 bits per heavy atom. The van der Waals surface area contributed by atoms with Gasteiger partial charge in [0, 0.05) is 12.0 Å². The van der Waals surface area contributed by atoms with Gasteiger partial charge in [-0.15, -0.1) is 0 Å². The van der Waals surface area contributed by atoms with E-state index in [1.165, 1.54) is 0 Å². The van der Waals surface area contributed by atoms with Crippen molar-refractivity contribution in [3.8, 4) is 39.1 Å². The third kappa shape index (κ3) is 4.14. The van der Waals surface area contributed by atoms with E-state index >= 15 is 0 Å². The molecular weight excluding hydrogens is 520 g/mol. The molecule has 2 nitrogen and oxygen atoms in total. The SMILES string of the molecule is [2H]c1c([2H])c([2H])c(-c2c3ccccc3c(-c3ccccc3-n3c(CC)nc4ccccc43)c3ccc(-c4ccccc4)cc23)c([2H])c1[2H]. The lowest BCUT2D eigenvalue weighted by Crippen LogP contribution is -2.03. The van der Waals surface area contributed by atoms with Crippen molar-refractivity contribution in [2.45, 2.75) is 13.3 Å². The Hall–Kier alpha value is -5.47. The number of imidazole rings is 1. The van der Waals surface area contributed by atoms with Crippen LogP contribution in [0.2, 0.25) is 0 Å². The highest BCUT2D eigenvalue weighted by molar-refractivity contribution is 6.22. The fraction of sp³-hybridized carbons (Fsp3) is 0.0488. The van der Waals surface area contributed by atoms with Crippen LogP contribution in [-0.4, -0.2) is 9.55 Å². The van der Waals surface area contributed by atoms with Crippen LogP contribution in [0.4, 0.5) is 0 Å². The lowest BCUT2D eigenvalue weighted by atomic mass is 9.84. The molecule has 0 aliphatic carbocycles. The largest absolute Gasteiger partial charge is 0.296 e. The first-order valence-electron chi connectivity index (χ1n) is 17.1. The Bertz CT molecular complexity index is 2530. The Labute approximate surface area is 258 Å². The van der Waals surface area contributed by atoms with Crippen molar-refractivity contribution >= 4 is 32.6 Å². The molecule has 204 valence electrons. The van der Waals surface area contributed by atoms with Crippen LogP contribution in [-0.2, 0) is 6.42 Å². The van der Waals surface area contributed by atoms with Crippen LogP contribution in [0, 0.1) is 0 Å². The molecule has 0 spiro atoms. The smallest absolute Gasteiger partial charge is 0.114 e. The summed E-state index contributed by atoms with van der Waals surface area (Å²) in [6.45, 7) is 2.12. The maximum Gasteiger partial charge on any atom is 0.114 e. The summed E-state index contributed by atoms with van der Waals surface area (Å²) < 4.78 is 45.7. The van der Waals surface area contributed by atoms with E-state index in [-0.39, 0.29) is 29.7 Å². The molecular formula is C41H30N2. The van der Waals surface area contributed by atoms with Crippen LogP contribution in [0.15, 0.2) is 152 Å². The zero-order chi connectivity index (χ0) is 33.1. The molecule has 0 fully saturated rings. The zero-order valence-corrected chi connectivity index (χ0v) is 23.6. The standard InChI is InChI=1S/C41H30N2/c1-2-39-42-36-22-12-14-24-38(36)43(39)37-23-13-11-21-34(37)41-32-20-10-9-19-31(32)40(29-17-7-4-8-18-29)35-27-30(25-26-33(35)41)28-15-5-3-6-16-28/h3-27H,2H2,1H3/i4D,7D,8D,17D,18D. The molecule has 0 unspecified atom stereocenters. The molecule has 1 aromatic heterocycles. The van der Waals surface area contributed by atoms with Crippen LogP contribution < -0.4 is 0 Å². The molecule has 0 atom stereocenters. The quantitative estimate of drug-likeness (QED) is 0.193. The van der Waals surface area contributed by atoms with Gasteiger partial charge in [-0.2, -0.15) is 0 Å². The van der Waals surface area contributed by atoms with Crippen molar-refractivity contribution < 1.29 is 6.85 Å². The molecule has 0 bridgehead atoms. The van der Waals surface area contributed by atoms with E-state index in [4.69, 9.17) is 11.8 Å². The highest BCUT2D eigenvalue weighted by atomic mass is 15.1. The van der Waals surface area contributed by atoms with Crippen molar-refractivity contribution in [3.05, 3.63) is 157 Å². The summed E-state index contributed by atoms with van der Waals surface area (Å²) in [5.41, 5.74) is 7.79. The van der Waals surface area contributed by atoms with E-state index in [0.29, 0.717) is 5.56 Å². The van der Waals surface area contributed by atoms with Gasteiger partial charge in [0.2, 0.25) is 0 Å². The Morgan fingerprint density at radius 1 is 0.581 bits per heavy atom. The average molecular weight is 556 g/mol. The average Bonchev–Trinajstić information content (AvgIpc) is 3.52. The van der Waals surface area contributed by atoms with Gasteiger partial charge in [-0.05, 0) is 73.6 Å². The zero-order valence-electron chi connectivity index (χ0n) is 28.6. The molecule has 8 aromatic rings. The van der Waals surface area contributed by atoms with E-state index in [2.05, 4.69) is 66.1 Å². The summed E-state index contributed by atoms with van der Waals surface area (Å²) in [4.78, 5) is 4.98. The van der Waals surface area contributed by atoms with Crippen molar-refractivity contribution in [1.82, 2.24) is 9.55 Å². The highest BCUT2D eigenvalue weighted by Gasteiger charge is 2.21. The summed E-state index contributed by atoms with van der Waals surface area (Å²) in [6.07, 6.45) is 0.749. The summed E-state index contributed by atoms with van der Waals surface area (Å²) in [5, 5.41) is 3.47. The number of nitrogens with zero attached hydrogens (tertiary/aromatic N) is 2. The first-order valence-corrected chi connectivity index (χ1v) is 14.6. The van der Waals surface area contributed by atoms with E-state index < -0.39 is 6.04 Å². The van der Waals surface area contributed by atoms with E-state index in [1.54, 1.807) is 0 Å². The molecule has 0 saturated carbocycles. The molecule has 0 aliphatic heterocycles. The lowest BCUT2D eigenvalue weighted by Gasteiger charge is -2.21. The highest BCUT2D eigenvalue weighted by Crippen LogP contribution is 2.46. The number of para-hydroxylation sites is 3. The molecule has 1 heterocycles. The Morgan fingerprint density at radius 3 is 2.07 bits per heavy atom. The second-order valence-electron chi connectivity index (χ2n) is 10.6. The maximum absolute atomic E-state index is 9.03. The van der Waals surface area contributed by atoms with Crippen LogP contribution in [0.5, 0.6) is 0 Å². The number of rotatable bonds is 5. The molecule has 8 rings (SSSR count). The number of benzene rings is 7. The van der Waals surface area contributed by atoms with Crippen LogP contribution in [0.25, 0.3) is 71.6 Å². The second-order valence-corrected chi connectivity index (χ2v) is 10.6. The molecule has 0 N–H and O–H groups in total. The van der Waals surface area contributed by atoms with Gasteiger partial charge < -0.3 is 0 Å². The third-order valence-electron chi connectivity index (χ3n) is 8.24. The summed E-state index contributed by atoms with van der Waals surface area (Å²) in [5.74, 6) is 0.958. The topological polar surface area (TPSA) is 17.8 Å². The minimum Gasteiger partial charge on any atom is -0.296 e. The fourth-order valence-electron chi connectivity index (χ4n) is 6.38. The Kier molecular flexibility index (Phi) is 4.95. The van der Waals surface area contributed by atoms with Crippen molar-refractivity contribution in [2.24, 2.45) is 0 Å². The second kappa shape index (κ2) is 10.4. The van der Waals surface area contributed by atoms with Crippen LogP contribution in [0.1, 0.15) is 19.6 Å². The molecule has 0 aliphatic rings. The van der Waals surface area contributed by atoms with Gasteiger partial charge in [0.1, 0.15) is 5.82 Å². The minimum absolute atomic E-state index is 0.195. The van der Waals surface area contributed by atoms with Crippen LogP contribution in [0.3, 0.4) is 0 Å². The van der Waals surface area contributed by atoms with Crippen molar-refractivity contribution in [2.75, 3.05) is 0 Å². The third-order valence-corrected chi connectivity index (χ3v) is 8.24. The van der Waals surface area contributed by atoms with Crippen molar-refractivity contribution in [3.63, 3.8) is 0 Å². The molecule has 0 saturated heterocycles. The number of aromatic nitrogens is 2. The fourth-order valence-corrected chi connectivity index (χ4v) is 6.38. The summed E-state index contributed by atoms with van der Waals surface area (Å²) >= 11 is 0. The number of hydrogen-bond acceptors (Lipinski definition) is 1. The summed E-state index contributed by atoms with van der Waals surface area (Å²) in [7, 11) is 0. The molecule has 43 heavy (non-hydrogen) atoms. The predicted octanol–water partition coefficient (Wildman–Crippen LogP) is 10.9. The number of aryl methyl sites for hydroxylation is 1. The minimum atomic E-state index is -0.405. The Balaban J connectivity index is 1.56. The molecule has 0 radical (unpaired) electrons. The number of hydrogen-bond donors (Lipinski definition) is 0. The van der Waals surface area contributed by atoms with Gasteiger partial charge in [0.25, 0.3) is 0 Å². The van der Waals surface area contributed by atoms with E-state index in [9.17, 15) is 0 Å². The predicted molar refractivity (Wildman–Crippen MR) is 182 cm³/mol. The number of fused-ring (bicyclic) bond motifs is 3. The normalized spacial score (nSPS) is 13.1. The monoisotopic (exact) mass is 555 g/mol. The van der Waals surface area contributed by atoms with Crippen LogP contribution >= 0.6 is 0 Å². The van der Waals surface area contributed by atoms with E-state index in [1.807, 2.05) is 66.7 Å². The van der Waals surface area contributed by atoms with Gasteiger partial charge in [-0.1, -0.05) is 134 Å². The lowest BCUT2D eigenvalue weighted by molar-refractivity contribution is 0.909. The van der Waals surface area contributed by atoms with E-state index in [0.717, 1.165) is 72.8 Å². The van der Waals surface area contributed by atoms with Gasteiger partial charge in [-0.3, -0.25) is 4.57 Å².